The third-order valence-electron chi connectivity index (χ3n) is 2.22. The highest BCUT2D eigenvalue weighted by molar-refractivity contribution is 8.13. The Morgan fingerprint density at radius 2 is 2.00 bits per heavy atom. The Morgan fingerprint density at radius 3 is 2.60 bits per heavy atom. The Hall–Kier alpha value is -1.07. The summed E-state index contributed by atoms with van der Waals surface area (Å²) in [5, 5.41) is -0.0784. The number of imidazole rings is 1. The molecule has 0 spiro atoms. The molecule has 2 aromatic heterocycles. The quantitative estimate of drug-likeness (QED) is 0.720. The standard InChI is InChI=1S/C9H9ClN2O2S/c1-6-4-3-5-8-9(15(10,13)14)11-7(2)12(6)8/h3-5H,1-2H3. The Bertz CT molecular complexity index is 631. The molecule has 0 unspecified atom stereocenters. The van der Waals surface area contributed by atoms with Crippen LogP contribution in [0.2, 0.25) is 0 Å². The molecule has 0 aliphatic carbocycles. The van der Waals surface area contributed by atoms with Gasteiger partial charge in [-0.05, 0) is 26.0 Å². The zero-order chi connectivity index (χ0) is 11.2. The van der Waals surface area contributed by atoms with Crippen LogP contribution < -0.4 is 0 Å². The molecule has 15 heavy (non-hydrogen) atoms. The highest BCUT2D eigenvalue weighted by Crippen LogP contribution is 2.22. The van der Waals surface area contributed by atoms with Gasteiger partial charge in [-0.15, -0.1) is 0 Å². The van der Waals surface area contributed by atoms with Crippen LogP contribution in [-0.2, 0) is 9.05 Å². The van der Waals surface area contributed by atoms with Crippen molar-refractivity contribution in [1.29, 1.82) is 0 Å². The molecule has 6 heteroatoms. The minimum Gasteiger partial charge on any atom is -0.300 e. The fourth-order valence-electron chi connectivity index (χ4n) is 1.65. The maximum absolute atomic E-state index is 11.3. The van der Waals surface area contributed by atoms with Gasteiger partial charge in [0.2, 0.25) is 0 Å². The van der Waals surface area contributed by atoms with E-state index in [9.17, 15) is 8.42 Å². The van der Waals surface area contributed by atoms with Crippen LogP contribution in [0.25, 0.3) is 5.52 Å². The van der Waals surface area contributed by atoms with Gasteiger partial charge < -0.3 is 0 Å². The molecular weight excluding hydrogens is 236 g/mol. The molecular formula is C9H9ClN2O2S. The number of aryl methyl sites for hydroxylation is 2. The van der Waals surface area contributed by atoms with E-state index in [1.807, 2.05) is 13.0 Å². The van der Waals surface area contributed by atoms with Crippen molar-refractivity contribution in [3.05, 3.63) is 29.7 Å². The van der Waals surface area contributed by atoms with Crippen molar-refractivity contribution >= 4 is 25.2 Å². The first-order valence-corrected chi connectivity index (χ1v) is 6.61. The van der Waals surface area contributed by atoms with Crippen LogP contribution in [0.1, 0.15) is 11.5 Å². The number of rotatable bonds is 1. The molecule has 0 amide bonds. The highest BCUT2D eigenvalue weighted by atomic mass is 35.7. The normalized spacial score (nSPS) is 12.2. The van der Waals surface area contributed by atoms with Gasteiger partial charge in [-0.3, -0.25) is 4.40 Å². The van der Waals surface area contributed by atoms with Crippen molar-refractivity contribution in [3.63, 3.8) is 0 Å². The van der Waals surface area contributed by atoms with Gasteiger partial charge in [0.1, 0.15) is 5.82 Å². The van der Waals surface area contributed by atoms with Crippen molar-refractivity contribution in [1.82, 2.24) is 9.38 Å². The average Bonchev–Trinajstić information content (AvgIpc) is 2.44. The second-order valence-corrected chi connectivity index (χ2v) is 5.77. The van der Waals surface area contributed by atoms with Gasteiger partial charge in [0.15, 0.2) is 5.03 Å². The van der Waals surface area contributed by atoms with E-state index in [-0.39, 0.29) is 5.03 Å². The van der Waals surface area contributed by atoms with E-state index >= 15 is 0 Å². The monoisotopic (exact) mass is 244 g/mol. The van der Waals surface area contributed by atoms with E-state index in [2.05, 4.69) is 4.98 Å². The molecule has 2 heterocycles. The number of aromatic nitrogens is 2. The van der Waals surface area contributed by atoms with Gasteiger partial charge in [0.25, 0.3) is 9.05 Å². The number of fused-ring (bicyclic) bond motifs is 1. The van der Waals surface area contributed by atoms with Crippen LogP contribution in [0.5, 0.6) is 0 Å². The van der Waals surface area contributed by atoms with E-state index < -0.39 is 9.05 Å². The maximum atomic E-state index is 11.3. The molecule has 0 fully saturated rings. The topological polar surface area (TPSA) is 51.4 Å². The molecule has 0 aliphatic heterocycles. The Labute approximate surface area is 91.9 Å². The first-order chi connectivity index (χ1) is 6.91. The van der Waals surface area contributed by atoms with Gasteiger partial charge in [0.05, 0.1) is 5.52 Å². The molecule has 80 valence electrons. The summed E-state index contributed by atoms with van der Waals surface area (Å²) in [7, 11) is 1.51. The lowest BCUT2D eigenvalue weighted by molar-refractivity contribution is 0.607. The number of hydrogen-bond acceptors (Lipinski definition) is 3. The van der Waals surface area contributed by atoms with Crippen molar-refractivity contribution in [2.45, 2.75) is 18.9 Å². The van der Waals surface area contributed by atoms with Crippen LogP contribution in [0.15, 0.2) is 23.2 Å². The Morgan fingerprint density at radius 1 is 1.33 bits per heavy atom. The smallest absolute Gasteiger partial charge is 0.280 e. The third kappa shape index (κ3) is 1.61. The maximum Gasteiger partial charge on any atom is 0.280 e. The minimum atomic E-state index is -3.79. The van der Waals surface area contributed by atoms with Gasteiger partial charge in [-0.25, -0.2) is 13.4 Å². The molecule has 0 radical (unpaired) electrons. The molecule has 2 aromatic rings. The molecule has 0 N–H and O–H groups in total. The Balaban J connectivity index is 2.98. The summed E-state index contributed by atoms with van der Waals surface area (Å²) in [5.74, 6) is 0.613. The highest BCUT2D eigenvalue weighted by Gasteiger charge is 2.19. The first kappa shape index (κ1) is 10.4. The molecule has 0 saturated carbocycles. The SMILES string of the molecule is Cc1cccc2c(S(=O)(=O)Cl)nc(C)n12. The van der Waals surface area contributed by atoms with Crippen molar-refractivity contribution in [3.8, 4) is 0 Å². The summed E-state index contributed by atoms with van der Waals surface area (Å²) in [6.45, 7) is 3.62. The summed E-state index contributed by atoms with van der Waals surface area (Å²) >= 11 is 0. The lowest BCUT2D eigenvalue weighted by Crippen LogP contribution is -1.93. The first-order valence-electron chi connectivity index (χ1n) is 4.30. The zero-order valence-corrected chi connectivity index (χ0v) is 9.80. The summed E-state index contributed by atoms with van der Waals surface area (Å²) in [4.78, 5) is 3.96. The minimum absolute atomic E-state index is 0.0784. The van der Waals surface area contributed by atoms with Crippen molar-refractivity contribution in [2.75, 3.05) is 0 Å². The second-order valence-electron chi connectivity index (χ2n) is 3.29. The lowest BCUT2D eigenvalue weighted by atomic mass is 10.3. The fraction of sp³-hybridized carbons (Fsp3) is 0.222. The lowest BCUT2D eigenvalue weighted by Gasteiger charge is -2.00. The largest absolute Gasteiger partial charge is 0.300 e. The summed E-state index contributed by atoms with van der Waals surface area (Å²) in [6, 6.07) is 5.34. The fourth-order valence-corrected chi connectivity index (χ4v) is 2.64. The van der Waals surface area contributed by atoms with E-state index in [1.54, 1.807) is 23.5 Å². The van der Waals surface area contributed by atoms with Crippen LogP contribution in [-0.4, -0.2) is 17.8 Å². The third-order valence-corrected chi connectivity index (χ3v) is 3.42. The van der Waals surface area contributed by atoms with Crippen LogP contribution in [0, 0.1) is 13.8 Å². The summed E-state index contributed by atoms with van der Waals surface area (Å²) in [6.07, 6.45) is 0. The van der Waals surface area contributed by atoms with E-state index in [0.717, 1.165) is 5.69 Å². The van der Waals surface area contributed by atoms with Gasteiger partial charge in [0, 0.05) is 16.4 Å². The number of nitrogens with zero attached hydrogens (tertiary/aromatic N) is 2. The predicted molar refractivity (Wildman–Crippen MR) is 57.7 cm³/mol. The van der Waals surface area contributed by atoms with Crippen LogP contribution in [0.4, 0.5) is 0 Å². The van der Waals surface area contributed by atoms with Crippen molar-refractivity contribution in [2.24, 2.45) is 0 Å². The second kappa shape index (κ2) is 3.21. The average molecular weight is 245 g/mol. The van der Waals surface area contributed by atoms with Gasteiger partial charge >= 0.3 is 0 Å². The molecule has 0 aromatic carbocycles. The number of hydrogen-bond donors (Lipinski definition) is 0. The molecule has 0 atom stereocenters. The predicted octanol–water partition coefficient (Wildman–Crippen LogP) is 1.88. The zero-order valence-electron chi connectivity index (χ0n) is 8.23. The molecule has 2 rings (SSSR count). The number of halogens is 1. The van der Waals surface area contributed by atoms with Gasteiger partial charge in [-0.1, -0.05) is 6.07 Å². The summed E-state index contributed by atoms with van der Waals surface area (Å²) < 4.78 is 24.3. The van der Waals surface area contributed by atoms with Crippen LogP contribution in [0.3, 0.4) is 0 Å². The van der Waals surface area contributed by atoms with Crippen LogP contribution >= 0.6 is 10.7 Å². The van der Waals surface area contributed by atoms with Crippen molar-refractivity contribution < 1.29 is 8.42 Å². The molecule has 4 nitrogen and oxygen atoms in total. The Kier molecular flexibility index (Phi) is 2.24. The van der Waals surface area contributed by atoms with E-state index in [1.165, 1.54) is 0 Å². The number of pyridine rings is 1. The molecule has 0 bridgehead atoms. The van der Waals surface area contributed by atoms with E-state index in [0.29, 0.717) is 11.3 Å². The van der Waals surface area contributed by atoms with Gasteiger partial charge in [-0.2, -0.15) is 0 Å². The molecule has 0 saturated heterocycles. The molecule has 0 aliphatic rings. The van der Waals surface area contributed by atoms with E-state index in [4.69, 9.17) is 10.7 Å². The summed E-state index contributed by atoms with van der Waals surface area (Å²) in [5.41, 5.74) is 1.44.